The van der Waals surface area contributed by atoms with Crippen molar-refractivity contribution in [3.63, 3.8) is 0 Å². The predicted molar refractivity (Wildman–Crippen MR) is 84.1 cm³/mol. The number of piperidine rings is 1. The fourth-order valence-corrected chi connectivity index (χ4v) is 2.57. The number of nitrogens with one attached hydrogen (secondary N) is 1. The van der Waals surface area contributed by atoms with Crippen LogP contribution in [0.4, 0.5) is 0 Å². The number of hydrogen-bond donors (Lipinski definition) is 1. The summed E-state index contributed by atoms with van der Waals surface area (Å²) in [4.78, 5) is 6.89. The van der Waals surface area contributed by atoms with Crippen molar-refractivity contribution in [3.8, 4) is 0 Å². The Morgan fingerprint density at radius 2 is 1.95 bits per heavy atom. The summed E-state index contributed by atoms with van der Waals surface area (Å²) in [6.45, 7) is 15.0. The molecule has 0 atom stereocenters. The van der Waals surface area contributed by atoms with Crippen LogP contribution in [0.5, 0.6) is 0 Å². The summed E-state index contributed by atoms with van der Waals surface area (Å²) in [6, 6.07) is 0. The topological polar surface area (TPSA) is 54.2 Å². The first-order chi connectivity index (χ1) is 9.83. The van der Waals surface area contributed by atoms with Crippen LogP contribution in [-0.4, -0.2) is 40.2 Å². The van der Waals surface area contributed by atoms with Gasteiger partial charge in [0, 0.05) is 11.5 Å². The van der Waals surface area contributed by atoms with Gasteiger partial charge in [0.05, 0.1) is 6.54 Å². The molecule has 5 heteroatoms. The first kappa shape index (κ1) is 16.4. The fraction of sp³-hybridized carbons (Fsp3) is 0.875. The Hall–Kier alpha value is -0.940. The highest BCUT2D eigenvalue weighted by atomic mass is 16.5. The lowest BCUT2D eigenvalue weighted by molar-refractivity contribution is 0.165. The first-order valence-electron chi connectivity index (χ1n) is 8.13. The van der Waals surface area contributed by atoms with E-state index in [2.05, 4.69) is 55.0 Å². The van der Waals surface area contributed by atoms with Gasteiger partial charge >= 0.3 is 0 Å². The minimum absolute atomic E-state index is 0.217. The van der Waals surface area contributed by atoms with Gasteiger partial charge in [-0.3, -0.25) is 4.90 Å². The second-order valence-corrected chi connectivity index (χ2v) is 7.55. The number of likely N-dealkylation sites (tertiary alicyclic amines) is 1. The van der Waals surface area contributed by atoms with E-state index < -0.39 is 0 Å². The summed E-state index contributed by atoms with van der Waals surface area (Å²) in [6.07, 6.45) is 2.50. The molecule has 2 rings (SSSR count). The highest BCUT2D eigenvalue weighted by Crippen LogP contribution is 2.19. The Balaban J connectivity index is 1.73. The Bertz CT molecular complexity index is 428. The molecule has 1 aliphatic rings. The van der Waals surface area contributed by atoms with Crippen LogP contribution in [0, 0.1) is 5.92 Å². The summed E-state index contributed by atoms with van der Waals surface area (Å²) in [5.41, 5.74) is 0.217. The predicted octanol–water partition coefficient (Wildman–Crippen LogP) is 2.79. The van der Waals surface area contributed by atoms with Gasteiger partial charge in [0.25, 0.3) is 0 Å². The zero-order valence-electron chi connectivity index (χ0n) is 14.1. The molecule has 0 bridgehead atoms. The maximum absolute atomic E-state index is 5.27. The minimum atomic E-state index is 0.217. The molecule has 120 valence electrons. The summed E-state index contributed by atoms with van der Waals surface area (Å²) in [5.74, 6) is 2.66. The number of aromatic nitrogens is 2. The van der Waals surface area contributed by atoms with Crippen molar-refractivity contribution in [2.45, 2.75) is 65.5 Å². The van der Waals surface area contributed by atoms with E-state index in [-0.39, 0.29) is 5.54 Å². The largest absolute Gasteiger partial charge is 0.339 e. The average molecular weight is 294 g/mol. The van der Waals surface area contributed by atoms with Crippen LogP contribution in [0.15, 0.2) is 4.52 Å². The Labute approximate surface area is 128 Å². The highest BCUT2D eigenvalue weighted by molar-refractivity contribution is 4.91. The van der Waals surface area contributed by atoms with Crippen molar-refractivity contribution in [1.82, 2.24) is 20.4 Å². The Kier molecular flexibility index (Phi) is 5.38. The molecule has 0 unspecified atom stereocenters. The third kappa shape index (κ3) is 5.40. The molecule has 5 nitrogen and oxygen atoms in total. The zero-order valence-corrected chi connectivity index (χ0v) is 14.1. The molecular weight excluding hydrogens is 264 g/mol. The van der Waals surface area contributed by atoms with Gasteiger partial charge in [-0.1, -0.05) is 19.0 Å². The van der Waals surface area contributed by atoms with Gasteiger partial charge in [-0.25, -0.2) is 0 Å². The van der Waals surface area contributed by atoms with Gasteiger partial charge in [-0.05, 0) is 59.2 Å². The average Bonchev–Trinajstić information content (AvgIpc) is 2.86. The van der Waals surface area contributed by atoms with Gasteiger partial charge in [0.1, 0.15) is 0 Å². The van der Waals surface area contributed by atoms with E-state index in [0.29, 0.717) is 5.92 Å². The summed E-state index contributed by atoms with van der Waals surface area (Å²) >= 11 is 0. The molecule has 2 heterocycles. The zero-order chi connectivity index (χ0) is 15.5. The van der Waals surface area contributed by atoms with E-state index in [9.17, 15) is 0 Å². The third-order valence-corrected chi connectivity index (χ3v) is 3.97. The molecule has 0 saturated carbocycles. The van der Waals surface area contributed by atoms with E-state index >= 15 is 0 Å². The molecule has 1 aromatic heterocycles. The van der Waals surface area contributed by atoms with E-state index in [1.807, 2.05) is 0 Å². The molecule has 1 fully saturated rings. The quantitative estimate of drug-likeness (QED) is 0.905. The van der Waals surface area contributed by atoms with E-state index in [1.165, 1.54) is 12.8 Å². The van der Waals surface area contributed by atoms with Crippen LogP contribution >= 0.6 is 0 Å². The van der Waals surface area contributed by atoms with Gasteiger partial charge < -0.3 is 9.84 Å². The minimum Gasteiger partial charge on any atom is -0.339 e. The monoisotopic (exact) mass is 294 g/mol. The van der Waals surface area contributed by atoms with Crippen LogP contribution in [0.25, 0.3) is 0 Å². The Morgan fingerprint density at radius 3 is 2.48 bits per heavy atom. The summed E-state index contributed by atoms with van der Waals surface area (Å²) < 4.78 is 5.27. The second kappa shape index (κ2) is 6.88. The molecule has 0 radical (unpaired) electrons. The second-order valence-electron chi connectivity index (χ2n) is 7.55. The van der Waals surface area contributed by atoms with Crippen LogP contribution in [0.3, 0.4) is 0 Å². The third-order valence-electron chi connectivity index (χ3n) is 3.97. The Morgan fingerprint density at radius 1 is 1.29 bits per heavy atom. The van der Waals surface area contributed by atoms with Gasteiger partial charge in [-0.15, -0.1) is 0 Å². The number of hydrogen-bond acceptors (Lipinski definition) is 5. The molecular formula is C16H30N4O. The fourth-order valence-electron chi connectivity index (χ4n) is 2.57. The van der Waals surface area contributed by atoms with Crippen LogP contribution in [0.2, 0.25) is 0 Å². The van der Waals surface area contributed by atoms with Crippen molar-refractivity contribution in [3.05, 3.63) is 11.7 Å². The van der Waals surface area contributed by atoms with Crippen LogP contribution in [0.1, 0.15) is 65.1 Å². The molecule has 0 amide bonds. The van der Waals surface area contributed by atoms with E-state index in [0.717, 1.165) is 43.8 Å². The highest BCUT2D eigenvalue weighted by Gasteiger charge is 2.22. The number of rotatable bonds is 5. The molecule has 0 aliphatic carbocycles. The van der Waals surface area contributed by atoms with Gasteiger partial charge in [-0.2, -0.15) is 4.98 Å². The maximum Gasteiger partial charge on any atom is 0.229 e. The molecule has 0 spiro atoms. The van der Waals surface area contributed by atoms with Gasteiger partial charge in [0.15, 0.2) is 5.82 Å². The smallest absolute Gasteiger partial charge is 0.229 e. The standard InChI is InChI=1S/C16H30N4O/c1-12(2)15-18-14(19-21-15)11-20-8-6-13(7-9-20)10-17-16(3,4)5/h12-13,17H,6-11H2,1-5H3. The lowest BCUT2D eigenvalue weighted by Crippen LogP contribution is -2.42. The lowest BCUT2D eigenvalue weighted by atomic mass is 9.95. The van der Waals surface area contributed by atoms with Crippen LogP contribution < -0.4 is 5.32 Å². The van der Waals surface area contributed by atoms with E-state index in [4.69, 9.17) is 4.52 Å². The maximum atomic E-state index is 5.27. The molecule has 21 heavy (non-hydrogen) atoms. The SMILES string of the molecule is CC(C)c1nc(CN2CCC(CNC(C)(C)C)CC2)no1. The van der Waals surface area contributed by atoms with Gasteiger partial charge in [0.2, 0.25) is 5.89 Å². The van der Waals surface area contributed by atoms with Crippen LogP contribution in [-0.2, 0) is 6.54 Å². The molecule has 1 aromatic rings. The van der Waals surface area contributed by atoms with Crippen molar-refractivity contribution >= 4 is 0 Å². The van der Waals surface area contributed by atoms with Crippen molar-refractivity contribution in [2.75, 3.05) is 19.6 Å². The number of nitrogens with zero attached hydrogens (tertiary/aromatic N) is 3. The summed E-state index contributed by atoms with van der Waals surface area (Å²) in [7, 11) is 0. The molecule has 1 N–H and O–H groups in total. The summed E-state index contributed by atoms with van der Waals surface area (Å²) in [5, 5.41) is 7.69. The van der Waals surface area contributed by atoms with E-state index in [1.54, 1.807) is 0 Å². The molecule has 1 aliphatic heterocycles. The van der Waals surface area contributed by atoms with Crippen molar-refractivity contribution in [2.24, 2.45) is 5.92 Å². The molecule has 1 saturated heterocycles. The normalized spacial score (nSPS) is 18.6. The molecule has 0 aromatic carbocycles. The van der Waals surface area contributed by atoms with Crippen molar-refractivity contribution in [1.29, 1.82) is 0 Å². The van der Waals surface area contributed by atoms with Crippen molar-refractivity contribution < 1.29 is 4.52 Å². The first-order valence-corrected chi connectivity index (χ1v) is 8.13. The lowest BCUT2D eigenvalue weighted by Gasteiger charge is -2.33.